The summed E-state index contributed by atoms with van der Waals surface area (Å²) < 4.78 is 0. The van der Waals surface area contributed by atoms with Crippen LogP contribution in [-0.4, -0.2) is 10.2 Å². The third-order valence-electron chi connectivity index (χ3n) is 2.99. The average molecular weight is 178 g/mol. The topological polar surface area (TPSA) is 40.5 Å². The quantitative estimate of drug-likeness (QED) is 0.636. The fourth-order valence-electron chi connectivity index (χ4n) is 1.96. The molecular weight excluding hydrogens is 164 g/mol. The molecule has 2 nitrogen and oxygen atoms in total. The summed E-state index contributed by atoms with van der Waals surface area (Å²) in [5.74, 6) is 0. The molecule has 0 radical (unpaired) electrons. The van der Waals surface area contributed by atoms with Gasteiger partial charge in [0.05, 0.1) is 12.2 Å². The third kappa shape index (κ3) is 1.02. The van der Waals surface area contributed by atoms with Crippen molar-refractivity contribution in [2.24, 2.45) is 5.41 Å². The van der Waals surface area contributed by atoms with Crippen molar-refractivity contribution in [2.45, 2.75) is 26.1 Å². The molecule has 0 bridgehead atoms. The summed E-state index contributed by atoms with van der Waals surface area (Å²) in [5, 5.41) is 19.8. The van der Waals surface area contributed by atoms with Gasteiger partial charge in [0.25, 0.3) is 0 Å². The minimum atomic E-state index is -0.557. The highest BCUT2D eigenvalue weighted by Gasteiger charge is 2.45. The standard InChI is InChI=1S/C11H14O2/c1-11(2)9(12)7-5-3-4-6-8(7)10(11)13/h3-6,9-10,12-13H,1-2H3/t9-,10-/m0/s1. The van der Waals surface area contributed by atoms with Gasteiger partial charge in [-0.1, -0.05) is 38.1 Å². The molecule has 2 N–H and O–H groups in total. The molecule has 0 saturated carbocycles. The van der Waals surface area contributed by atoms with Crippen LogP contribution in [0.3, 0.4) is 0 Å². The molecule has 13 heavy (non-hydrogen) atoms. The van der Waals surface area contributed by atoms with Gasteiger partial charge in [0, 0.05) is 5.41 Å². The normalized spacial score (nSPS) is 30.2. The van der Waals surface area contributed by atoms with Crippen molar-refractivity contribution < 1.29 is 10.2 Å². The van der Waals surface area contributed by atoms with Crippen LogP contribution in [0.15, 0.2) is 24.3 Å². The third-order valence-corrected chi connectivity index (χ3v) is 2.99. The molecule has 0 spiro atoms. The van der Waals surface area contributed by atoms with E-state index in [1.165, 1.54) is 0 Å². The van der Waals surface area contributed by atoms with Crippen LogP contribution < -0.4 is 0 Å². The minimum absolute atomic E-state index is 0.469. The van der Waals surface area contributed by atoms with E-state index in [1.54, 1.807) is 0 Å². The lowest BCUT2D eigenvalue weighted by Crippen LogP contribution is -2.21. The van der Waals surface area contributed by atoms with E-state index in [2.05, 4.69) is 0 Å². The van der Waals surface area contributed by atoms with Crippen LogP contribution in [0.1, 0.15) is 37.2 Å². The maximum Gasteiger partial charge on any atom is 0.0872 e. The first kappa shape index (κ1) is 8.73. The first-order valence-corrected chi connectivity index (χ1v) is 4.50. The van der Waals surface area contributed by atoms with E-state index in [9.17, 15) is 10.2 Å². The number of hydrogen-bond donors (Lipinski definition) is 2. The molecule has 0 aliphatic heterocycles. The molecule has 1 aromatic rings. The van der Waals surface area contributed by atoms with E-state index in [1.807, 2.05) is 38.1 Å². The average Bonchev–Trinajstić information content (AvgIpc) is 2.30. The van der Waals surface area contributed by atoms with Gasteiger partial charge in [0.1, 0.15) is 0 Å². The lowest BCUT2D eigenvalue weighted by atomic mass is 9.85. The molecule has 70 valence electrons. The Morgan fingerprint density at radius 1 is 1.00 bits per heavy atom. The molecule has 1 aliphatic carbocycles. The Hall–Kier alpha value is -0.860. The van der Waals surface area contributed by atoms with Crippen molar-refractivity contribution >= 4 is 0 Å². The lowest BCUT2D eigenvalue weighted by Gasteiger charge is -2.26. The maximum atomic E-state index is 9.92. The van der Waals surface area contributed by atoms with Gasteiger partial charge >= 0.3 is 0 Å². The largest absolute Gasteiger partial charge is 0.388 e. The summed E-state index contributed by atoms with van der Waals surface area (Å²) in [5.41, 5.74) is 1.25. The van der Waals surface area contributed by atoms with Gasteiger partial charge in [-0.2, -0.15) is 0 Å². The predicted octanol–water partition coefficient (Wildman–Crippen LogP) is 1.79. The summed E-state index contributed by atoms with van der Waals surface area (Å²) in [4.78, 5) is 0. The molecule has 0 saturated heterocycles. The van der Waals surface area contributed by atoms with Crippen molar-refractivity contribution in [1.29, 1.82) is 0 Å². The second-order valence-corrected chi connectivity index (χ2v) is 4.26. The van der Waals surface area contributed by atoms with Gasteiger partial charge < -0.3 is 10.2 Å². The molecule has 0 fully saturated rings. The van der Waals surface area contributed by atoms with Crippen LogP contribution in [-0.2, 0) is 0 Å². The van der Waals surface area contributed by atoms with E-state index < -0.39 is 17.6 Å². The van der Waals surface area contributed by atoms with Crippen molar-refractivity contribution in [2.75, 3.05) is 0 Å². The Balaban J connectivity index is 2.57. The number of rotatable bonds is 0. The number of benzene rings is 1. The van der Waals surface area contributed by atoms with E-state index >= 15 is 0 Å². The minimum Gasteiger partial charge on any atom is -0.388 e. The summed E-state index contributed by atoms with van der Waals surface area (Å²) in [6.45, 7) is 3.75. The van der Waals surface area contributed by atoms with Gasteiger partial charge in [-0.25, -0.2) is 0 Å². The summed E-state index contributed by atoms with van der Waals surface area (Å²) in [6, 6.07) is 7.52. The van der Waals surface area contributed by atoms with E-state index in [0.29, 0.717) is 0 Å². The number of fused-ring (bicyclic) bond motifs is 1. The van der Waals surface area contributed by atoms with Gasteiger partial charge in [-0.3, -0.25) is 0 Å². The van der Waals surface area contributed by atoms with Crippen LogP contribution >= 0.6 is 0 Å². The second kappa shape index (κ2) is 2.56. The van der Waals surface area contributed by atoms with Gasteiger partial charge in [0.2, 0.25) is 0 Å². The Bertz CT molecular complexity index is 300. The smallest absolute Gasteiger partial charge is 0.0872 e. The van der Waals surface area contributed by atoms with Crippen LogP contribution in [0.25, 0.3) is 0 Å². The number of aliphatic hydroxyl groups is 2. The van der Waals surface area contributed by atoms with Crippen LogP contribution in [0.2, 0.25) is 0 Å². The SMILES string of the molecule is CC1(C)[C@@H](O)c2ccccc2[C@@H]1O. The second-order valence-electron chi connectivity index (χ2n) is 4.26. The lowest BCUT2D eigenvalue weighted by molar-refractivity contribution is -0.0276. The van der Waals surface area contributed by atoms with Crippen LogP contribution in [0.5, 0.6) is 0 Å². The molecule has 2 heteroatoms. The summed E-state index contributed by atoms with van der Waals surface area (Å²) >= 11 is 0. The molecule has 1 aliphatic rings. The van der Waals surface area contributed by atoms with Gasteiger partial charge in [-0.05, 0) is 11.1 Å². The maximum absolute atomic E-state index is 9.92. The zero-order valence-electron chi connectivity index (χ0n) is 7.86. The Morgan fingerprint density at radius 3 is 1.77 bits per heavy atom. The van der Waals surface area contributed by atoms with Crippen molar-refractivity contribution in [3.63, 3.8) is 0 Å². The molecular formula is C11H14O2. The van der Waals surface area contributed by atoms with E-state index in [4.69, 9.17) is 0 Å². The Labute approximate surface area is 77.8 Å². The van der Waals surface area contributed by atoms with Crippen molar-refractivity contribution in [1.82, 2.24) is 0 Å². The highest BCUT2D eigenvalue weighted by Crippen LogP contribution is 2.51. The van der Waals surface area contributed by atoms with Crippen molar-refractivity contribution in [3.05, 3.63) is 35.4 Å². The number of aliphatic hydroxyl groups excluding tert-OH is 2. The predicted molar refractivity (Wildman–Crippen MR) is 50.1 cm³/mol. The van der Waals surface area contributed by atoms with Crippen molar-refractivity contribution in [3.8, 4) is 0 Å². The van der Waals surface area contributed by atoms with E-state index in [-0.39, 0.29) is 0 Å². The monoisotopic (exact) mass is 178 g/mol. The zero-order valence-corrected chi connectivity index (χ0v) is 7.86. The van der Waals surface area contributed by atoms with Gasteiger partial charge in [-0.15, -0.1) is 0 Å². The highest BCUT2D eigenvalue weighted by atomic mass is 16.3. The molecule has 1 aromatic carbocycles. The molecule has 0 aromatic heterocycles. The summed E-state index contributed by atoms with van der Waals surface area (Å²) in [6.07, 6.45) is -1.11. The number of hydrogen-bond acceptors (Lipinski definition) is 2. The van der Waals surface area contributed by atoms with Gasteiger partial charge in [0.15, 0.2) is 0 Å². The fraction of sp³-hybridized carbons (Fsp3) is 0.455. The molecule has 0 unspecified atom stereocenters. The molecule has 2 atom stereocenters. The zero-order chi connectivity index (χ0) is 9.64. The molecule has 0 heterocycles. The van der Waals surface area contributed by atoms with Crippen LogP contribution in [0.4, 0.5) is 0 Å². The van der Waals surface area contributed by atoms with E-state index in [0.717, 1.165) is 11.1 Å². The van der Waals surface area contributed by atoms with Crippen LogP contribution in [0, 0.1) is 5.41 Å². The molecule has 2 rings (SSSR count). The Kier molecular flexibility index (Phi) is 1.72. The summed E-state index contributed by atoms with van der Waals surface area (Å²) in [7, 11) is 0. The first-order valence-electron chi connectivity index (χ1n) is 4.50. The highest BCUT2D eigenvalue weighted by molar-refractivity contribution is 5.38. The molecule has 0 amide bonds. The Morgan fingerprint density at radius 2 is 1.38 bits per heavy atom. The first-order chi connectivity index (χ1) is 6.05. The fourth-order valence-corrected chi connectivity index (χ4v) is 1.96.